The number of hydrogen-bond donors (Lipinski definition) is 2. The number of aromatic nitrogens is 1. The highest BCUT2D eigenvalue weighted by atomic mass is 16.5. The van der Waals surface area contributed by atoms with E-state index in [0.717, 1.165) is 36.0 Å². The third kappa shape index (κ3) is 5.61. The molecule has 0 saturated heterocycles. The molecule has 0 saturated carbocycles. The second kappa shape index (κ2) is 9.60. The zero-order valence-corrected chi connectivity index (χ0v) is 16.5. The molecule has 0 amide bonds. The lowest BCUT2D eigenvalue weighted by Gasteiger charge is -2.12. The lowest BCUT2D eigenvalue weighted by atomic mass is 10.1. The van der Waals surface area contributed by atoms with Gasteiger partial charge in [-0.1, -0.05) is 6.07 Å². The summed E-state index contributed by atoms with van der Waals surface area (Å²) in [5.74, 6) is 3.05. The SMILES string of the molecule is CN=C(NCCc1ccco1)NCc1ccnc(Oc2ccc(C)c(C)c2)c1. The van der Waals surface area contributed by atoms with Crippen LogP contribution in [0.3, 0.4) is 0 Å². The molecule has 28 heavy (non-hydrogen) atoms. The van der Waals surface area contributed by atoms with Crippen LogP contribution in [0.1, 0.15) is 22.5 Å². The molecule has 0 fully saturated rings. The fourth-order valence-corrected chi connectivity index (χ4v) is 2.68. The summed E-state index contributed by atoms with van der Waals surface area (Å²) in [6.07, 6.45) is 4.24. The summed E-state index contributed by atoms with van der Waals surface area (Å²) in [6, 6.07) is 13.8. The van der Waals surface area contributed by atoms with Crippen molar-refractivity contribution in [2.45, 2.75) is 26.8 Å². The van der Waals surface area contributed by atoms with Crippen LogP contribution >= 0.6 is 0 Å². The highest BCUT2D eigenvalue weighted by Gasteiger charge is 2.04. The number of nitrogens with one attached hydrogen (secondary N) is 2. The van der Waals surface area contributed by atoms with Gasteiger partial charge in [-0.3, -0.25) is 4.99 Å². The lowest BCUT2D eigenvalue weighted by molar-refractivity contribution is 0.461. The number of aryl methyl sites for hydroxylation is 2. The number of rotatable bonds is 7. The van der Waals surface area contributed by atoms with Gasteiger partial charge in [-0.15, -0.1) is 0 Å². The number of pyridine rings is 1. The van der Waals surface area contributed by atoms with Crippen molar-refractivity contribution < 1.29 is 9.15 Å². The van der Waals surface area contributed by atoms with Crippen molar-refractivity contribution in [1.82, 2.24) is 15.6 Å². The number of hydrogen-bond acceptors (Lipinski definition) is 4. The summed E-state index contributed by atoms with van der Waals surface area (Å²) in [5.41, 5.74) is 3.49. The van der Waals surface area contributed by atoms with Gasteiger partial charge >= 0.3 is 0 Å². The van der Waals surface area contributed by atoms with Crippen LogP contribution in [0, 0.1) is 13.8 Å². The Kier molecular flexibility index (Phi) is 6.68. The van der Waals surface area contributed by atoms with E-state index >= 15 is 0 Å². The van der Waals surface area contributed by atoms with E-state index in [4.69, 9.17) is 9.15 Å². The number of furan rings is 1. The zero-order valence-electron chi connectivity index (χ0n) is 16.5. The quantitative estimate of drug-likeness (QED) is 0.480. The minimum absolute atomic E-state index is 0.573. The molecule has 1 aromatic carbocycles. The van der Waals surface area contributed by atoms with E-state index in [1.807, 2.05) is 36.4 Å². The first kappa shape index (κ1) is 19.5. The first-order chi connectivity index (χ1) is 13.6. The van der Waals surface area contributed by atoms with E-state index in [-0.39, 0.29) is 0 Å². The van der Waals surface area contributed by atoms with Crippen LogP contribution in [0.25, 0.3) is 0 Å². The average molecular weight is 378 g/mol. The van der Waals surface area contributed by atoms with Gasteiger partial charge in [-0.05, 0) is 60.9 Å². The molecule has 0 aliphatic heterocycles. The Labute approximate surface area is 165 Å². The largest absolute Gasteiger partial charge is 0.469 e. The second-order valence-corrected chi connectivity index (χ2v) is 6.53. The monoisotopic (exact) mass is 378 g/mol. The number of nitrogens with zero attached hydrogens (tertiary/aromatic N) is 2. The molecule has 0 radical (unpaired) electrons. The molecule has 0 atom stereocenters. The van der Waals surface area contributed by atoms with Crippen LogP contribution in [0.4, 0.5) is 0 Å². The predicted octanol–water partition coefficient (Wildman–Crippen LogP) is 3.99. The maximum absolute atomic E-state index is 5.90. The normalized spacial score (nSPS) is 11.3. The number of benzene rings is 1. The highest BCUT2D eigenvalue weighted by molar-refractivity contribution is 5.79. The molecule has 6 nitrogen and oxygen atoms in total. The molecule has 2 heterocycles. The first-order valence-corrected chi connectivity index (χ1v) is 9.31. The van der Waals surface area contributed by atoms with E-state index in [1.165, 1.54) is 11.1 Å². The van der Waals surface area contributed by atoms with Crippen LogP contribution in [-0.2, 0) is 13.0 Å². The molecule has 3 aromatic rings. The Hall–Kier alpha value is -3.28. The molecular weight excluding hydrogens is 352 g/mol. The summed E-state index contributed by atoms with van der Waals surface area (Å²) >= 11 is 0. The smallest absolute Gasteiger partial charge is 0.219 e. The summed E-state index contributed by atoms with van der Waals surface area (Å²) in [5, 5.41) is 6.57. The van der Waals surface area contributed by atoms with Gasteiger partial charge in [0.25, 0.3) is 0 Å². The van der Waals surface area contributed by atoms with Crippen molar-refractivity contribution >= 4 is 5.96 Å². The van der Waals surface area contributed by atoms with E-state index in [1.54, 1.807) is 19.5 Å². The first-order valence-electron chi connectivity index (χ1n) is 9.31. The maximum atomic E-state index is 5.90. The second-order valence-electron chi connectivity index (χ2n) is 6.53. The van der Waals surface area contributed by atoms with Gasteiger partial charge in [0.2, 0.25) is 5.88 Å². The van der Waals surface area contributed by atoms with Crippen molar-refractivity contribution in [3.8, 4) is 11.6 Å². The van der Waals surface area contributed by atoms with Gasteiger partial charge in [-0.25, -0.2) is 4.98 Å². The van der Waals surface area contributed by atoms with Crippen LogP contribution in [0.5, 0.6) is 11.6 Å². The Morgan fingerprint density at radius 1 is 1.11 bits per heavy atom. The Bertz CT molecular complexity index is 920. The minimum atomic E-state index is 0.573. The van der Waals surface area contributed by atoms with Crippen LogP contribution in [-0.4, -0.2) is 24.5 Å². The van der Waals surface area contributed by atoms with Crippen molar-refractivity contribution in [1.29, 1.82) is 0 Å². The van der Waals surface area contributed by atoms with Crippen molar-refractivity contribution in [3.63, 3.8) is 0 Å². The molecule has 2 aromatic heterocycles. The summed E-state index contributed by atoms with van der Waals surface area (Å²) in [7, 11) is 1.75. The zero-order chi connectivity index (χ0) is 19.8. The van der Waals surface area contributed by atoms with Gasteiger partial charge in [-0.2, -0.15) is 0 Å². The Morgan fingerprint density at radius 2 is 2.00 bits per heavy atom. The summed E-state index contributed by atoms with van der Waals surface area (Å²) in [4.78, 5) is 8.55. The molecule has 146 valence electrons. The topological polar surface area (TPSA) is 71.7 Å². The summed E-state index contributed by atoms with van der Waals surface area (Å²) in [6.45, 7) is 5.51. The molecule has 0 aliphatic rings. The average Bonchev–Trinajstić information content (AvgIpc) is 3.21. The number of ether oxygens (including phenoxy) is 1. The van der Waals surface area contributed by atoms with Gasteiger partial charge < -0.3 is 19.8 Å². The van der Waals surface area contributed by atoms with Crippen LogP contribution < -0.4 is 15.4 Å². The van der Waals surface area contributed by atoms with Gasteiger partial charge in [0.15, 0.2) is 5.96 Å². The third-order valence-corrected chi connectivity index (χ3v) is 4.43. The van der Waals surface area contributed by atoms with E-state index in [2.05, 4.69) is 40.5 Å². The van der Waals surface area contributed by atoms with Gasteiger partial charge in [0, 0.05) is 38.8 Å². The Morgan fingerprint density at radius 3 is 2.75 bits per heavy atom. The Balaban J connectivity index is 1.52. The molecule has 0 bridgehead atoms. The number of aliphatic imine (C=N–C) groups is 1. The van der Waals surface area contributed by atoms with Crippen molar-refractivity contribution in [2.75, 3.05) is 13.6 Å². The number of guanidine groups is 1. The fourth-order valence-electron chi connectivity index (χ4n) is 2.68. The minimum Gasteiger partial charge on any atom is -0.469 e. The van der Waals surface area contributed by atoms with E-state index in [0.29, 0.717) is 12.4 Å². The molecule has 0 aliphatic carbocycles. The van der Waals surface area contributed by atoms with Gasteiger partial charge in [0.1, 0.15) is 11.5 Å². The molecule has 0 spiro atoms. The molecule has 2 N–H and O–H groups in total. The molecule has 0 unspecified atom stereocenters. The van der Waals surface area contributed by atoms with Crippen molar-refractivity contribution in [3.05, 3.63) is 77.4 Å². The van der Waals surface area contributed by atoms with E-state index < -0.39 is 0 Å². The van der Waals surface area contributed by atoms with Gasteiger partial charge in [0.05, 0.1) is 6.26 Å². The molecular formula is C22H26N4O2. The summed E-state index contributed by atoms with van der Waals surface area (Å²) < 4.78 is 11.2. The predicted molar refractivity (Wildman–Crippen MR) is 111 cm³/mol. The van der Waals surface area contributed by atoms with Crippen LogP contribution in [0.15, 0.2) is 64.3 Å². The molecule has 6 heteroatoms. The maximum Gasteiger partial charge on any atom is 0.219 e. The third-order valence-electron chi connectivity index (χ3n) is 4.43. The van der Waals surface area contributed by atoms with Crippen molar-refractivity contribution in [2.24, 2.45) is 4.99 Å². The molecule has 3 rings (SSSR count). The lowest BCUT2D eigenvalue weighted by Crippen LogP contribution is -2.37. The highest BCUT2D eigenvalue weighted by Crippen LogP contribution is 2.22. The fraction of sp³-hybridized carbons (Fsp3) is 0.273. The standard InChI is InChI=1S/C22H26N4O2/c1-16-6-7-20(13-17(16)2)28-21-14-18(8-10-24-21)15-26-22(23-3)25-11-9-19-5-4-12-27-19/h4-8,10,12-14H,9,11,15H2,1-3H3,(H2,23,25,26). The van der Waals surface area contributed by atoms with Crippen LogP contribution in [0.2, 0.25) is 0 Å². The van der Waals surface area contributed by atoms with E-state index in [9.17, 15) is 0 Å².